The molecule has 16 heteroatoms. The first-order valence-corrected chi connectivity index (χ1v) is 2.19. The molecular formula is H25AsO15. The summed E-state index contributed by atoms with van der Waals surface area (Å²) in [4.78, 5) is 0. The van der Waals surface area contributed by atoms with Gasteiger partial charge in [0.1, 0.15) is 0 Å². The molecule has 0 aromatic heterocycles. The van der Waals surface area contributed by atoms with Crippen molar-refractivity contribution in [1.82, 2.24) is 0 Å². The SMILES string of the molecule is O.O.O.O.O.O.O.O.O.O.O.O=[As]O.OO. The Bertz CT molecular complexity index is 12.9. The van der Waals surface area contributed by atoms with Crippen molar-refractivity contribution in [2.45, 2.75) is 0 Å². The molecule has 0 heterocycles. The molecule has 0 unspecified atom stereocenters. The van der Waals surface area contributed by atoms with Crippen LogP contribution in [0.15, 0.2) is 0 Å². The van der Waals surface area contributed by atoms with E-state index >= 15 is 0 Å². The van der Waals surface area contributed by atoms with E-state index in [1.807, 2.05) is 0 Å². The van der Waals surface area contributed by atoms with Crippen LogP contribution in [0.4, 0.5) is 0 Å². The van der Waals surface area contributed by atoms with Gasteiger partial charge in [-0.05, 0) is 0 Å². The van der Waals surface area contributed by atoms with E-state index in [4.69, 9.17) is 18.3 Å². The largest absolute Gasteiger partial charge is 0.255 e. The van der Waals surface area contributed by atoms with Crippen LogP contribution in [0, 0.1) is 0 Å². The van der Waals surface area contributed by atoms with Crippen LogP contribution in [-0.4, -0.2) is 90.9 Å². The van der Waals surface area contributed by atoms with Crippen LogP contribution in [0.1, 0.15) is 0 Å². The molecule has 15 nitrogen and oxygen atoms in total. The topological polar surface area (TPSA) is 424 Å². The minimum absolute atomic E-state index is 0. The van der Waals surface area contributed by atoms with Gasteiger partial charge in [0.2, 0.25) is 0 Å². The van der Waals surface area contributed by atoms with Gasteiger partial charge in [0, 0.05) is 0 Å². The van der Waals surface area contributed by atoms with Crippen molar-refractivity contribution in [3.8, 4) is 0 Å². The summed E-state index contributed by atoms with van der Waals surface area (Å²) in [5.41, 5.74) is 0. The fraction of sp³-hybridized carbons (Fsp3) is 0. The first-order chi connectivity index (χ1) is 2.41. The van der Waals surface area contributed by atoms with Crippen molar-refractivity contribution in [2.24, 2.45) is 0 Å². The van der Waals surface area contributed by atoms with Crippen LogP contribution >= 0.6 is 0 Å². The standard InChI is InChI=1S/AsHO2.H2O2.11H2O/c2-1-3;1-2;;;;;;;;;;;/h(H,2,3);1-2H;11*1H2. The van der Waals surface area contributed by atoms with Crippen molar-refractivity contribution in [1.29, 1.82) is 0 Å². The average Bonchev–Trinajstić information content (AvgIpc) is 1.46. The Morgan fingerprint density at radius 2 is 0.500 bits per heavy atom. The summed E-state index contributed by atoms with van der Waals surface area (Å²) in [6.07, 6.45) is 0. The van der Waals surface area contributed by atoms with Gasteiger partial charge in [0.05, 0.1) is 0 Å². The minimum atomic E-state index is -1.56. The summed E-state index contributed by atoms with van der Waals surface area (Å²) in [6, 6.07) is 0. The van der Waals surface area contributed by atoms with Gasteiger partial charge in [0.15, 0.2) is 0 Å². The molecule has 0 saturated heterocycles. The molecule has 0 bridgehead atoms. The molecule has 0 spiro atoms. The molecule has 0 amide bonds. The van der Waals surface area contributed by atoms with Gasteiger partial charge >= 0.3 is 23.9 Å². The number of hydrogen-bond donors (Lipinski definition) is 3. The smallest absolute Gasteiger partial charge is 0.255 e. The Kier molecular flexibility index (Phi) is 122000. The minimum Gasteiger partial charge on any atom is -0.255 e. The summed E-state index contributed by atoms with van der Waals surface area (Å²) in [5.74, 6) is 0. The maximum atomic E-state index is 8.58. The summed E-state index contributed by atoms with van der Waals surface area (Å²) in [7, 11) is 0. The third kappa shape index (κ3) is 55600. The molecule has 25 N–H and O–H groups in total. The molecule has 0 radical (unpaired) electrons. The van der Waals surface area contributed by atoms with Crippen LogP contribution in [0.3, 0.4) is 0 Å². The molecule has 0 fully saturated rings. The van der Waals surface area contributed by atoms with Crippen molar-refractivity contribution in [2.75, 3.05) is 0 Å². The van der Waals surface area contributed by atoms with E-state index in [9.17, 15) is 0 Å². The molecule has 120 valence electrons. The quantitative estimate of drug-likeness (QED) is 0.219. The predicted molar refractivity (Wildman–Crippen MR) is 53.7 cm³/mol. The molecule has 0 aliphatic rings. The Labute approximate surface area is 95.5 Å². The molecule has 0 atom stereocenters. The van der Waals surface area contributed by atoms with Crippen LogP contribution in [0.5, 0.6) is 0 Å². The second-order valence-corrected chi connectivity index (χ2v) is 0.424. The van der Waals surface area contributed by atoms with Crippen LogP contribution in [0.25, 0.3) is 0 Å². The van der Waals surface area contributed by atoms with Crippen molar-refractivity contribution < 1.29 is 78.6 Å². The first kappa shape index (κ1) is 442. The fourth-order valence-corrected chi connectivity index (χ4v) is 0. The number of hydrogen-bond acceptors (Lipinski definition) is 3. The monoisotopic (exact) mass is 340 g/mol. The van der Waals surface area contributed by atoms with E-state index in [0.29, 0.717) is 0 Å². The summed E-state index contributed by atoms with van der Waals surface area (Å²) in [6.45, 7) is 0. The normalized spacial score (nSPS) is 1.69. The molecule has 0 aliphatic heterocycles. The van der Waals surface area contributed by atoms with Crippen molar-refractivity contribution >= 4 is 16.0 Å². The van der Waals surface area contributed by atoms with Gasteiger partial charge in [-0.15, -0.1) is 0 Å². The number of rotatable bonds is 0. The maximum absolute atomic E-state index is 8.58. The molecule has 0 aliphatic carbocycles. The molecule has 0 aromatic rings. The third-order valence-electron chi connectivity index (χ3n) is 0. The summed E-state index contributed by atoms with van der Waals surface area (Å²) < 4.78 is 15.7. The van der Waals surface area contributed by atoms with Crippen LogP contribution < -0.4 is 0 Å². The van der Waals surface area contributed by atoms with Gasteiger partial charge in [0.25, 0.3) is 0 Å². The van der Waals surface area contributed by atoms with Gasteiger partial charge in [-0.2, -0.15) is 0 Å². The Balaban J connectivity index is -0.000000000614. The molecule has 0 rings (SSSR count). The Morgan fingerprint density at radius 1 is 0.500 bits per heavy atom. The van der Waals surface area contributed by atoms with E-state index in [2.05, 4.69) is 0 Å². The fourth-order valence-electron chi connectivity index (χ4n) is 0. The molecule has 16 heavy (non-hydrogen) atoms. The second-order valence-electron chi connectivity index (χ2n) is 0.0816. The maximum Gasteiger partial charge on any atom is -0.255 e. The van der Waals surface area contributed by atoms with Gasteiger partial charge in [-0.1, -0.05) is 0 Å². The van der Waals surface area contributed by atoms with Gasteiger partial charge in [-0.3, -0.25) is 10.5 Å². The van der Waals surface area contributed by atoms with Crippen molar-refractivity contribution in [3.05, 3.63) is 0 Å². The Morgan fingerprint density at radius 3 is 0.500 bits per heavy atom. The second kappa shape index (κ2) is 4420. The summed E-state index contributed by atoms with van der Waals surface area (Å²) >= 11 is -1.56. The zero-order chi connectivity index (χ0) is 4.71. The van der Waals surface area contributed by atoms with E-state index < -0.39 is 16.0 Å². The van der Waals surface area contributed by atoms with Gasteiger partial charge in [-0.25, -0.2) is 0 Å². The molecule has 0 aromatic carbocycles. The molecule has 0 saturated carbocycles. The van der Waals surface area contributed by atoms with Gasteiger partial charge < -0.3 is 60.2 Å². The first-order valence-electron chi connectivity index (χ1n) is 0.583. The van der Waals surface area contributed by atoms with E-state index in [0.717, 1.165) is 0 Å². The van der Waals surface area contributed by atoms with Crippen LogP contribution in [0.2, 0.25) is 0 Å². The third-order valence-corrected chi connectivity index (χ3v) is 0. The Hall–Kier alpha value is -0.202. The summed E-state index contributed by atoms with van der Waals surface area (Å²) in [5, 5.41) is 12.0. The zero-order valence-corrected chi connectivity index (χ0v) is 9.57. The van der Waals surface area contributed by atoms with Crippen LogP contribution in [-0.2, 0) is 3.74 Å². The predicted octanol–water partition coefficient (Wildman–Crippen LogP) is -10.1. The molecular weight excluding hydrogens is 315 g/mol. The van der Waals surface area contributed by atoms with E-state index in [1.165, 1.54) is 0 Å². The zero-order valence-electron chi connectivity index (χ0n) is 7.70. The van der Waals surface area contributed by atoms with E-state index in [1.54, 1.807) is 0 Å². The average molecular weight is 340 g/mol. The van der Waals surface area contributed by atoms with Crippen molar-refractivity contribution in [3.63, 3.8) is 0 Å². The van der Waals surface area contributed by atoms with E-state index in [-0.39, 0.29) is 60.2 Å².